The molecular weight excluding hydrogens is 277 g/mol. The van der Waals surface area contributed by atoms with E-state index in [1.165, 1.54) is 31.4 Å². The Balaban J connectivity index is 1.85. The van der Waals surface area contributed by atoms with Gasteiger partial charge >= 0.3 is 0 Å². The van der Waals surface area contributed by atoms with E-state index in [1.54, 1.807) is 12.1 Å². The number of alkyl halides is 1. The molecular formula is C16H21ClFNO. The number of nitrogens with one attached hydrogen (secondary N) is 1. The minimum atomic E-state index is -0.306. The van der Waals surface area contributed by atoms with E-state index in [4.69, 9.17) is 11.6 Å². The number of carbonyl (C=O) groups is 1. The maximum atomic E-state index is 13.1. The van der Waals surface area contributed by atoms with Gasteiger partial charge in [0.15, 0.2) is 0 Å². The van der Waals surface area contributed by atoms with Crippen LogP contribution in [0.4, 0.5) is 4.39 Å². The van der Waals surface area contributed by atoms with Crippen molar-refractivity contribution in [3.63, 3.8) is 0 Å². The Kier molecular flexibility index (Phi) is 5.41. The van der Waals surface area contributed by atoms with Crippen LogP contribution in [0, 0.1) is 11.2 Å². The maximum Gasteiger partial charge on any atom is 0.224 e. The number of halogens is 2. The molecule has 1 N–H and O–H groups in total. The monoisotopic (exact) mass is 297 g/mol. The predicted molar refractivity (Wildman–Crippen MR) is 79.4 cm³/mol. The van der Waals surface area contributed by atoms with Crippen molar-refractivity contribution < 1.29 is 9.18 Å². The molecule has 1 aromatic rings. The number of hydrogen-bond donors (Lipinski definition) is 1. The van der Waals surface area contributed by atoms with Crippen molar-refractivity contribution in [3.8, 4) is 0 Å². The third-order valence-corrected chi connectivity index (χ3v) is 4.68. The first-order valence-electron chi connectivity index (χ1n) is 7.21. The Bertz CT molecular complexity index is 458. The van der Waals surface area contributed by atoms with Crippen LogP contribution >= 0.6 is 11.6 Å². The van der Waals surface area contributed by atoms with Crippen LogP contribution in [0.2, 0.25) is 0 Å². The smallest absolute Gasteiger partial charge is 0.224 e. The highest BCUT2D eigenvalue weighted by Gasteiger charge is 2.31. The average molecular weight is 298 g/mol. The summed E-state index contributed by atoms with van der Waals surface area (Å²) in [6.07, 6.45) is 6.01. The van der Waals surface area contributed by atoms with E-state index >= 15 is 0 Å². The van der Waals surface area contributed by atoms with Crippen LogP contribution in [-0.2, 0) is 11.2 Å². The van der Waals surface area contributed by atoms with Gasteiger partial charge in [0.1, 0.15) is 5.82 Å². The lowest BCUT2D eigenvalue weighted by Crippen LogP contribution is -2.40. The first-order valence-corrected chi connectivity index (χ1v) is 7.74. The Hall–Kier alpha value is -1.09. The number of amides is 1. The molecule has 1 aliphatic carbocycles. The van der Waals surface area contributed by atoms with Gasteiger partial charge in [-0.15, -0.1) is 11.6 Å². The van der Waals surface area contributed by atoms with Crippen molar-refractivity contribution in [2.24, 2.45) is 5.41 Å². The summed E-state index contributed by atoms with van der Waals surface area (Å²) < 4.78 is 13.1. The molecule has 0 aliphatic heterocycles. The third-order valence-electron chi connectivity index (χ3n) is 4.11. The van der Waals surface area contributed by atoms with Gasteiger partial charge in [-0.05, 0) is 30.5 Å². The lowest BCUT2D eigenvalue weighted by atomic mass is 9.75. The molecule has 0 atom stereocenters. The van der Waals surface area contributed by atoms with Crippen molar-refractivity contribution in [1.29, 1.82) is 0 Å². The normalized spacial score (nSPS) is 17.7. The van der Waals surface area contributed by atoms with Gasteiger partial charge in [0.05, 0.1) is 6.42 Å². The average Bonchev–Trinajstić information content (AvgIpc) is 2.46. The van der Waals surface area contributed by atoms with E-state index in [0.29, 0.717) is 18.0 Å². The van der Waals surface area contributed by atoms with Gasteiger partial charge < -0.3 is 5.32 Å². The fraction of sp³-hybridized carbons (Fsp3) is 0.562. The molecule has 2 nitrogen and oxygen atoms in total. The molecule has 110 valence electrons. The second kappa shape index (κ2) is 7.07. The molecule has 0 spiro atoms. The summed E-state index contributed by atoms with van der Waals surface area (Å²) in [7, 11) is 0. The Morgan fingerprint density at radius 1 is 1.30 bits per heavy atom. The van der Waals surface area contributed by atoms with Crippen molar-refractivity contribution in [3.05, 3.63) is 35.6 Å². The molecule has 1 aliphatic rings. The van der Waals surface area contributed by atoms with E-state index in [1.807, 2.05) is 0 Å². The lowest BCUT2D eigenvalue weighted by molar-refractivity contribution is -0.121. The summed E-state index contributed by atoms with van der Waals surface area (Å²) in [4.78, 5) is 11.9. The Morgan fingerprint density at radius 2 is 2.05 bits per heavy atom. The second-order valence-electron chi connectivity index (χ2n) is 5.78. The highest BCUT2D eigenvalue weighted by atomic mass is 35.5. The maximum absolute atomic E-state index is 13.1. The zero-order valence-electron chi connectivity index (χ0n) is 11.6. The van der Waals surface area contributed by atoms with Gasteiger partial charge in [0.25, 0.3) is 0 Å². The number of carbonyl (C=O) groups excluding carboxylic acids is 1. The molecule has 0 unspecified atom stereocenters. The van der Waals surface area contributed by atoms with Gasteiger partial charge in [0, 0.05) is 17.8 Å². The zero-order valence-corrected chi connectivity index (χ0v) is 12.4. The van der Waals surface area contributed by atoms with Crippen LogP contribution in [0.3, 0.4) is 0 Å². The molecule has 1 aromatic carbocycles. The topological polar surface area (TPSA) is 29.1 Å². The van der Waals surface area contributed by atoms with Gasteiger partial charge in [-0.25, -0.2) is 4.39 Å². The van der Waals surface area contributed by atoms with E-state index in [2.05, 4.69) is 5.32 Å². The van der Waals surface area contributed by atoms with Crippen LogP contribution in [-0.4, -0.2) is 18.3 Å². The highest BCUT2D eigenvalue weighted by molar-refractivity contribution is 6.18. The summed E-state index contributed by atoms with van der Waals surface area (Å²) in [5.41, 5.74) is 0.753. The van der Waals surface area contributed by atoms with Crippen molar-refractivity contribution in [2.75, 3.05) is 12.4 Å². The Labute approximate surface area is 124 Å². The third kappa shape index (κ3) is 4.20. The van der Waals surface area contributed by atoms with Gasteiger partial charge in [-0.3, -0.25) is 4.79 Å². The quantitative estimate of drug-likeness (QED) is 0.826. The summed E-state index contributed by atoms with van der Waals surface area (Å²) in [6.45, 7) is 0.630. The second-order valence-corrected chi connectivity index (χ2v) is 6.04. The molecule has 0 saturated heterocycles. The first kappa shape index (κ1) is 15.3. The van der Waals surface area contributed by atoms with E-state index in [-0.39, 0.29) is 23.6 Å². The molecule has 4 heteroatoms. The summed E-state index contributed by atoms with van der Waals surface area (Å²) in [5.74, 6) is 0.221. The minimum absolute atomic E-state index is 0.0530. The number of hydrogen-bond acceptors (Lipinski definition) is 1. The number of benzene rings is 1. The molecule has 0 radical (unpaired) electrons. The fourth-order valence-electron chi connectivity index (χ4n) is 2.84. The molecule has 0 heterocycles. The SMILES string of the molecule is O=C(Cc1cccc(F)c1)NCC1(CCl)CCCCC1. The zero-order chi connectivity index (χ0) is 14.4. The van der Waals surface area contributed by atoms with E-state index in [9.17, 15) is 9.18 Å². The van der Waals surface area contributed by atoms with Crippen molar-refractivity contribution in [1.82, 2.24) is 5.32 Å². The Morgan fingerprint density at radius 3 is 2.70 bits per heavy atom. The van der Waals surface area contributed by atoms with Gasteiger partial charge in [0.2, 0.25) is 5.91 Å². The van der Waals surface area contributed by atoms with Crippen molar-refractivity contribution in [2.45, 2.75) is 38.5 Å². The molecule has 0 aromatic heterocycles. The minimum Gasteiger partial charge on any atom is -0.355 e. The van der Waals surface area contributed by atoms with Gasteiger partial charge in [-0.1, -0.05) is 31.4 Å². The fourth-order valence-corrected chi connectivity index (χ4v) is 3.20. The van der Waals surface area contributed by atoms with Crippen molar-refractivity contribution >= 4 is 17.5 Å². The van der Waals surface area contributed by atoms with Crippen LogP contribution < -0.4 is 5.32 Å². The van der Waals surface area contributed by atoms with E-state index in [0.717, 1.165) is 12.8 Å². The number of rotatable bonds is 5. The molecule has 1 saturated carbocycles. The summed E-state index contributed by atoms with van der Waals surface area (Å²) in [6, 6.07) is 6.17. The van der Waals surface area contributed by atoms with Crippen LogP contribution in [0.1, 0.15) is 37.7 Å². The standard InChI is InChI=1S/C16H21ClFNO/c17-11-16(7-2-1-3-8-16)12-19-15(20)10-13-5-4-6-14(18)9-13/h4-6,9H,1-3,7-8,10-12H2,(H,19,20). The molecule has 20 heavy (non-hydrogen) atoms. The van der Waals surface area contributed by atoms with Crippen LogP contribution in [0.15, 0.2) is 24.3 Å². The predicted octanol–water partition coefficient (Wildman–Crippen LogP) is 3.67. The summed E-state index contributed by atoms with van der Waals surface area (Å²) >= 11 is 6.10. The highest BCUT2D eigenvalue weighted by Crippen LogP contribution is 2.36. The van der Waals surface area contributed by atoms with Crippen LogP contribution in [0.25, 0.3) is 0 Å². The van der Waals surface area contributed by atoms with Crippen LogP contribution in [0.5, 0.6) is 0 Å². The summed E-state index contributed by atoms with van der Waals surface area (Å²) in [5, 5.41) is 2.97. The molecule has 1 fully saturated rings. The molecule has 0 bridgehead atoms. The van der Waals surface area contributed by atoms with E-state index < -0.39 is 0 Å². The lowest BCUT2D eigenvalue weighted by Gasteiger charge is -2.35. The molecule has 1 amide bonds. The molecule has 2 rings (SSSR count). The van der Waals surface area contributed by atoms with Gasteiger partial charge in [-0.2, -0.15) is 0 Å². The largest absolute Gasteiger partial charge is 0.355 e. The first-order chi connectivity index (χ1) is 9.63.